The van der Waals surface area contributed by atoms with Crippen LogP contribution in [0.15, 0.2) is 12.1 Å². The van der Waals surface area contributed by atoms with Crippen molar-refractivity contribution in [2.24, 2.45) is 0 Å². The molecule has 1 rings (SSSR count). The molecule has 0 heterocycles. The van der Waals surface area contributed by atoms with E-state index in [2.05, 4.69) is 45.1 Å². The van der Waals surface area contributed by atoms with Crippen LogP contribution in [0.5, 0.6) is 5.75 Å². The van der Waals surface area contributed by atoms with Crippen molar-refractivity contribution in [1.29, 1.82) is 0 Å². The highest BCUT2D eigenvalue weighted by molar-refractivity contribution is 5.41. The molecular weight excluding hydrogens is 198 g/mol. The molecule has 0 atom stereocenters. The first kappa shape index (κ1) is 13.0. The fourth-order valence-corrected chi connectivity index (χ4v) is 1.95. The molecule has 16 heavy (non-hydrogen) atoms. The summed E-state index contributed by atoms with van der Waals surface area (Å²) in [6.07, 6.45) is 1.08. The number of benzene rings is 1. The molecule has 0 bridgehead atoms. The standard InChI is InChI=1S/C14H23NO/c1-10(2)15-7-6-14-11(3)8-13(16-5)9-12(14)4/h8-10,15H,6-7H2,1-5H3. The van der Waals surface area contributed by atoms with Gasteiger partial charge in [0.1, 0.15) is 5.75 Å². The van der Waals surface area contributed by atoms with E-state index in [0.29, 0.717) is 6.04 Å². The summed E-state index contributed by atoms with van der Waals surface area (Å²) in [5, 5.41) is 3.45. The van der Waals surface area contributed by atoms with E-state index in [9.17, 15) is 0 Å². The highest BCUT2D eigenvalue weighted by Gasteiger charge is 2.05. The van der Waals surface area contributed by atoms with Crippen LogP contribution >= 0.6 is 0 Å². The van der Waals surface area contributed by atoms with E-state index < -0.39 is 0 Å². The van der Waals surface area contributed by atoms with Gasteiger partial charge in [-0.25, -0.2) is 0 Å². The lowest BCUT2D eigenvalue weighted by Gasteiger charge is -2.13. The monoisotopic (exact) mass is 221 g/mol. The third-order valence-electron chi connectivity index (χ3n) is 2.83. The van der Waals surface area contributed by atoms with Crippen molar-refractivity contribution in [2.75, 3.05) is 13.7 Å². The van der Waals surface area contributed by atoms with E-state index >= 15 is 0 Å². The van der Waals surface area contributed by atoms with Crippen molar-refractivity contribution in [3.8, 4) is 5.75 Å². The maximum Gasteiger partial charge on any atom is 0.119 e. The van der Waals surface area contributed by atoms with Gasteiger partial charge in [0.25, 0.3) is 0 Å². The smallest absolute Gasteiger partial charge is 0.119 e. The van der Waals surface area contributed by atoms with Gasteiger partial charge in [-0.1, -0.05) is 13.8 Å². The van der Waals surface area contributed by atoms with Crippen LogP contribution in [0.4, 0.5) is 0 Å². The molecule has 0 aliphatic carbocycles. The topological polar surface area (TPSA) is 21.3 Å². The molecule has 1 aromatic carbocycles. The zero-order valence-corrected chi connectivity index (χ0v) is 11.1. The van der Waals surface area contributed by atoms with Crippen LogP contribution in [-0.4, -0.2) is 19.7 Å². The highest BCUT2D eigenvalue weighted by Crippen LogP contribution is 2.21. The first-order chi connectivity index (χ1) is 7.54. The molecule has 0 radical (unpaired) electrons. The summed E-state index contributed by atoms with van der Waals surface area (Å²) in [6, 6.07) is 4.77. The van der Waals surface area contributed by atoms with Crippen molar-refractivity contribution in [3.63, 3.8) is 0 Å². The Morgan fingerprint density at radius 2 is 1.75 bits per heavy atom. The van der Waals surface area contributed by atoms with Gasteiger partial charge < -0.3 is 10.1 Å². The van der Waals surface area contributed by atoms with Crippen LogP contribution in [0, 0.1) is 13.8 Å². The summed E-state index contributed by atoms with van der Waals surface area (Å²) >= 11 is 0. The molecule has 0 fully saturated rings. The van der Waals surface area contributed by atoms with E-state index in [1.807, 2.05) is 0 Å². The number of aryl methyl sites for hydroxylation is 2. The second kappa shape index (κ2) is 5.90. The summed E-state index contributed by atoms with van der Waals surface area (Å²) in [4.78, 5) is 0. The van der Waals surface area contributed by atoms with Gasteiger partial charge in [-0.05, 0) is 55.6 Å². The van der Waals surface area contributed by atoms with Crippen molar-refractivity contribution >= 4 is 0 Å². The van der Waals surface area contributed by atoms with Crippen LogP contribution in [0.3, 0.4) is 0 Å². The van der Waals surface area contributed by atoms with Crippen molar-refractivity contribution in [2.45, 2.75) is 40.2 Å². The van der Waals surface area contributed by atoms with Gasteiger partial charge in [0.15, 0.2) is 0 Å². The molecule has 0 aromatic heterocycles. The average Bonchev–Trinajstić information content (AvgIpc) is 2.21. The minimum Gasteiger partial charge on any atom is -0.497 e. The van der Waals surface area contributed by atoms with Crippen LogP contribution in [0.1, 0.15) is 30.5 Å². The molecule has 0 spiro atoms. The van der Waals surface area contributed by atoms with Crippen LogP contribution in [0.25, 0.3) is 0 Å². The number of methoxy groups -OCH3 is 1. The van der Waals surface area contributed by atoms with E-state index in [4.69, 9.17) is 4.74 Å². The summed E-state index contributed by atoms with van der Waals surface area (Å²) in [7, 11) is 1.72. The van der Waals surface area contributed by atoms with Crippen molar-refractivity contribution < 1.29 is 4.74 Å². The molecule has 2 nitrogen and oxygen atoms in total. The Morgan fingerprint density at radius 1 is 1.19 bits per heavy atom. The zero-order valence-electron chi connectivity index (χ0n) is 11.1. The second-order valence-electron chi connectivity index (χ2n) is 4.60. The lowest BCUT2D eigenvalue weighted by atomic mass is 9.99. The first-order valence-electron chi connectivity index (χ1n) is 5.92. The molecule has 0 unspecified atom stereocenters. The largest absolute Gasteiger partial charge is 0.497 e. The number of hydrogen-bond donors (Lipinski definition) is 1. The van der Waals surface area contributed by atoms with Gasteiger partial charge in [0.05, 0.1) is 7.11 Å². The lowest BCUT2D eigenvalue weighted by Crippen LogP contribution is -2.25. The number of rotatable bonds is 5. The normalized spacial score (nSPS) is 10.9. The van der Waals surface area contributed by atoms with Gasteiger partial charge in [-0.3, -0.25) is 0 Å². The first-order valence-corrected chi connectivity index (χ1v) is 5.92. The minimum atomic E-state index is 0.555. The molecule has 2 heteroatoms. The van der Waals surface area contributed by atoms with Crippen LogP contribution < -0.4 is 10.1 Å². The van der Waals surface area contributed by atoms with E-state index in [1.54, 1.807) is 7.11 Å². The van der Waals surface area contributed by atoms with Crippen molar-refractivity contribution in [1.82, 2.24) is 5.32 Å². The molecule has 0 aliphatic heterocycles. The summed E-state index contributed by atoms with van der Waals surface area (Å²) in [5.74, 6) is 0.954. The Morgan fingerprint density at radius 3 is 2.19 bits per heavy atom. The Balaban J connectivity index is 2.72. The summed E-state index contributed by atoms with van der Waals surface area (Å²) < 4.78 is 5.26. The Bertz CT molecular complexity index is 322. The maximum absolute atomic E-state index is 5.26. The fraction of sp³-hybridized carbons (Fsp3) is 0.571. The zero-order chi connectivity index (χ0) is 12.1. The van der Waals surface area contributed by atoms with Gasteiger partial charge in [-0.2, -0.15) is 0 Å². The molecule has 1 N–H and O–H groups in total. The predicted octanol–water partition coefficient (Wildman–Crippen LogP) is 2.85. The Kier molecular flexibility index (Phi) is 4.81. The van der Waals surface area contributed by atoms with Gasteiger partial charge in [-0.15, -0.1) is 0 Å². The molecule has 1 aromatic rings. The van der Waals surface area contributed by atoms with Gasteiger partial charge in [0, 0.05) is 6.04 Å². The quantitative estimate of drug-likeness (QED) is 0.825. The molecule has 90 valence electrons. The third-order valence-corrected chi connectivity index (χ3v) is 2.83. The number of nitrogens with one attached hydrogen (secondary N) is 1. The molecule has 0 aliphatic rings. The third kappa shape index (κ3) is 3.53. The summed E-state index contributed by atoms with van der Waals surface area (Å²) in [6.45, 7) is 9.69. The SMILES string of the molecule is COc1cc(C)c(CCNC(C)C)c(C)c1. The fourth-order valence-electron chi connectivity index (χ4n) is 1.95. The maximum atomic E-state index is 5.26. The molecule has 0 amide bonds. The minimum absolute atomic E-state index is 0.555. The van der Waals surface area contributed by atoms with E-state index in [1.165, 1.54) is 16.7 Å². The molecule has 0 saturated heterocycles. The van der Waals surface area contributed by atoms with E-state index in [-0.39, 0.29) is 0 Å². The number of hydrogen-bond acceptors (Lipinski definition) is 2. The van der Waals surface area contributed by atoms with Gasteiger partial charge in [0.2, 0.25) is 0 Å². The molecular formula is C14H23NO. The lowest BCUT2D eigenvalue weighted by molar-refractivity contribution is 0.414. The average molecular weight is 221 g/mol. The van der Waals surface area contributed by atoms with Crippen LogP contribution in [-0.2, 0) is 6.42 Å². The summed E-state index contributed by atoms with van der Waals surface area (Å²) in [5.41, 5.74) is 4.08. The second-order valence-corrected chi connectivity index (χ2v) is 4.60. The predicted molar refractivity (Wildman–Crippen MR) is 69.3 cm³/mol. The van der Waals surface area contributed by atoms with Gasteiger partial charge >= 0.3 is 0 Å². The number of ether oxygens (including phenoxy) is 1. The Labute approximate surface area is 99.0 Å². The Hall–Kier alpha value is -1.02. The van der Waals surface area contributed by atoms with Crippen molar-refractivity contribution in [3.05, 3.63) is 28.8 Å². The van der Waals surface area contributed by atoms with Crippen LogP contribution in [0.2, 0.25) is 0 Å². The molecule has 0 saturated carbocycles. The highest BCUT2D eigenvalue weighted by atomic mass is 16.5. The van der Waals surface area contributed by atoms with E-state index in [0.717, 1.165) is 18.7 Å².